The number of carbonyl (C=O) groups excluding carboxylic acids is 3. The van der Waals surface area contributed by atoms with Crippen molar-refractivity contribution in [3.05, 3.63) is 134 Å². The molecule has 0 aromatic heterocycles. The summed E-state index contributed by atoms with van der Waals surface area (Å²) in [7, 11) is 0. The number of hydrogen-bond acceptors (Lipinski definition) is 6. The Labute approximate surface area is 487 Å². The van der Waals surface area contributed by atoms with E-state index in [-0.39, 0.29) is 31.6 Å². The summed E-state index contributed by atoms with van der Waals surface area (Å²) in [5.74, 6) is -1.000. The van der Waals surface area contributed by atoms with E-state index >= 15 is 0 Å². The van der Waals surface area contributed by atoms with Gasteiger partial charge in [-0.15, -0.1) is 0 Å². The summed E-state index contributed by atoms with van der Waals surface area (Å²) in [5, 5.41) is 0. The number of hydrogen-bond donors (Lipinski definition) is 0. The van der Waals surface area contributed by atoms with Crippen molar-refractivity contribution in [2.75, 3.05) is 13.2 Å². The van der Waals surface area contributed by atoms with Crippen LogP contribution in [0.4, 0.5) is 0 Å². The predicted molar refractivity (Wildman–Crippen MR) is 343 cm³/mol. The van der Waals surface area contributed by atoms with E-state index in [0.717, 1.165) is 103 Å². The van der Waals surface area contributed by atoms with Crippen molar-refractivity contribution >= 4 is 17.9 Å². The molecule has 0 aliphatic rings. The van der Waals surface area contributed by atoms with Crippen molar-refractivity contribution in [1.82, 2.24) is 0 Å². The molecule has 0 saturated heterocycles. The normalized spacial score (nSPS) is 13.0. The summed E-state index contributed by atoms with van der Waals surface area (Å²) in [5.41, 5.74) is 0. The molecule has 0 aromatic rings. The van der Waals surface area contributed by atoms with Gasteiger partial charge in [0.25, 0.3) is 0 Å². The molecule has 1 atom stereocenters. The van der Waals surface area contributed by atoms with Gasteiger partial charge in [-0.2, -0.15) is 0 Å². The molecular weight excluding hydrogens is 973 g/mol. The number of rotatable bonds is 58. The van der Waals surface area contributed by atoms with Gasteiger partial charge in [-0.3, -0.25) is 14.4 Å². The summed E-state index contributed by atoms with van der Waals surface area (Å²) in [6, 6.07) is 0. The van der Waals surface area contributed by atoms with Crippen LogP contribution in [0.3, 0.4) is 0 Å². The molecule has 0 aromatic carbocycles. The molecule has 0 rings (SSSR count). The fourth-order valence-corrected chi connectivity index (χ4v) is 8.81. The molecule has 1 unspecified atom stereocenters. The van der Waals surface area contributed by atoms with E-state index in [2.05, 4.69) is 148 Å². The van der Waals surface area contributed by atoms with Crippen molar-refractivity contribution < 1.29 is 28.6 Å². The Morgan fingerprint density at radius 1 is 0.266 bits per heavy atom. The maximum Gasteiger partial charge on any atom is 0.306 e. The van der Waals surface area contributed by atoms with Gasteiger partial charge in [0.05, 0.1) is 0 Å². The minimum Gasteiger partial charge on any atom is -0.462 e. The van der Waals surface area contributed by atoms with Crippen LogP contribution in [-0.4, -0.2) is 37.2 Å². The SMILES string of the molecule is CC/C=C\C/C=C\C/C=C\C/C=C\C/C=C\C/C=C\CCC(=O)OC(COC(=O)CCCCCCCCC/C=C\CCCCCCCC)COC(=O)CCCCCCCCCCCCCC/C=C\C/C=C\C/C=C\C/C=C\CC. The van der Waals surface area contributed by atoms with Gasteiger partial charge in [0, 0.05) is 19.3 Å². The first-order valence-corrected chi connectivity index (χ1v) is 32.7. The second-order valence-electron chi connectivity index (χ2n) is 21.3. The fraction of sp³-hybridized carbons (Fsp3) is 0.658. The van der Waals surface area contributed by atoms with Gasteiger partial charge in [-0.1, -0.05) is 283 Å². The highest BCUT2D eigenvalue weighted by Gasteiger charge is 2.19. The zero-order chi connectivity index (χ0) is 57.1. The smallest absolute Gasteiger partial charge is 0.306 e. The average molecular weight is 1090 g/mol. The van der Waals surface area contributed by atoms with E-state index in [1.165, 1.54) is 141 Å². The summed E-state index contributed by atoms with van der Waals surface area (Å²) < 4.78 is 16.9. The van der Waals surface area contributed by atoms with Crippen LogP contribution >= 0.6 is 0 Å². The predicted octanol–water partition coefficient (Wildman–Crippen LogP) is 22.5. The third kappa shape index (κ3) is 64.3. The molecule has 0 amide bonds. The summed E-state index contributed by atoms with van der Waals surface area (Å²) in [6.45, 7) is 6.36. The van der Waals surface area contributed by atoms with Crippen LogP contribution < -0.4 is 0 Å². The molecule has 0 bridgehead atoms. The van der Waals surface area contributed by atoms with Gasteiger partial charge < -0.3 is 14.2 Å². The standard InChI is InChI=1S/C73H120O6/c1-4-7-10-13-16-19-22-25-28-31-33-34-35-36-37-38-40-42-45-48-51-54-57-60-63-66-72(75)78-69-70(68-77-71(74)65-62-59-56-53-50-47-44-41-30-27-24-21-18-15-12-9-6-3)79-73(76)67-64-61-58-55-52-49-46-43-39-32-29-26-23-20-17-14-11-8-5-2/h7-8,10-11,16-17,19-20,25-30,33-34,39,43,49,52,58,61,70H,4-6,9,12-15,18,21-24,31-32,35-38,40-42,44-48,50-51,53-57,59-60,62-69H2,1-3H3/b10-7-,11-8-,19-16-,20-17-,28-25-,29-26-,30-27-,34-33-,43-39-,52-49-,61-58-. The largest absolute Gasteiger partial charge is 0.462 e. The van der Waals surface area contributed by atoms with Gasteiger partial charge in [0.2, 0.25) is 0 Å². The van der Waals surface area contributed by atoms with Gasteiger partial charge in [-0.05, 0) is 122 Å². The molecule has 0 aliphatic heterocycles. The first-order chi connectivity index (χ1) is 39.0. The van der Waals surface area contributed by atoms with E-state index in [1.54, 1.807) is 0 Å². The number of esters is 3. The quantitative estimate of drug-likeness (QED) is 0.0261. The molecule has 6 heteroatoms. The molecule has 6 nitrogen and oxygen atoms in total. The van der Waals surface area contributed by atoms with E-state index in [4.69, 9.17) is 14.2 Å². The van der Waals surface area contributed by atoms with Crippen molar-refractivity contribution in [2.45, 2.75) is 297 Å². The molecule has 0 spiro atoms. The van der Waals surface area contributed by atoms with Crippen LogP contribution in [0, 0.1) is 0 Å². The first kappa shape index (κ1) is 74.5. The Hall–Kier alpha value is -4.45. The first-order valence-electron chi connectivity index (χ1n) is 32.7. The lowest BCUT2D eigenvalue weighted by Crippen LogP contribution is -2.30. The number of carbonyl (C=O) groups is 3. The van der Waals surface area contributed by atoms with Crippen LogP contribution in [-0.2, 0) is 28.6 Å². The molecule has 0 saturated carbocycles. The Morgan fingerprint density at radius 3 is 0.835 bits per heavy atom. The lowest BCUT2D eigenvalue weighted by atomic mass is 10.0. The molecule has 0 heterocycles. The van der Waals surface area contributed by atoms with Crippen LogP contribution in [0.15, 0.2) is 134 Å². The topological polar surface area (TPSA) is 78.9 Å². The molecule has 448 valence electrons. The van der Waals surface area contributed by atoms with E-state index in [1.807, 2.05) is 6.08 Å². The highest BCUT2D eigenvalue weighted by atomic mass is 16.6. The molecule has 79 heavy (non-hydrogen) atoms. The van der Waals surface area contributed by atoms with E-state index < -0.39 is 12.1 Å². The third-order valence-electron chi connectivity index (χ3n) is 13.6. The van der Waals surface area contributed by atoms with E-state index in [0.29, 0.717) is 19.3 Å². The van der Waals surface area contributed by atoms with Gasteiger partial charge in [0.1, 0.15) is 13.2 Å². The second kappa shape index (κ2) is 66.1. The Bertz CT molecular complexity index is 1680. The Kier molecular flexibility index (Phi) is 62.3. The summed E-state index contributed by atoms with van der Waals surface area (Å²) in [6.07, 6.45) is 93.3. The molecule has 0 radical (unpaired) electrons. The summed E-state index contributed by atoms with van der Waals surface area (Å²) >= 11 is 0. The maximum absolute atomic E-state index is 12.9. The summed E-state index contributed by atoms with van der Waals surface area (Å²) in [4.78, 5) is 38.3. The number of unbranched alkanes of at least 4 members (excludes halogenated alkanes) is 25. The highest BCUT2D eigenvalue weighted by molar-refractivity contribution is 5.71. The molecule has 0 aliphatic carbocycles. The highest BCUT2D eigenvalue weighted by Crippen LogP contribution is 2.15. The maximum atomic E-state index is 12.9. The number of allylic oxidation sites excluding steroid dienone is 22. The molecule has 0 N–H and O–H groups in total. The lowest BCUT2D eigenvalue weighted by molar-refractivity contribution is -0.166. The van der Waals surface area contributed by atoms with Crippen LogP contribution in [0.25, 0.3) is 0 Å². The van der Waals surface area contributed by atoms with Crippen molar-refractivity contribution in [3.8, 4) is 0 Å². The van der Waals surface area contributed by atoms with E-state index in [9.17, 15) is 14.4 Å². The van der Waals surface area contributed by atoms with Crippen LogP contribution in [0.5, 0.6) is 0 Å². The van der Waals surface area contributed by atoms with Gasteiger partial charge in [-0.25, -0.2) is 0 Å². The van der Waals surface area contributed by atoms with Crippen molar-refractivity contribution in [2.24, 2.45) is 0 Å². The Balaban J connectivity index is 4.46. The average Bonchev–Trinajstić information content (AvgIpc) is 3.45. The number of ether oxygens (including phenoxy) is 3. The van der Waals surface area contributed by atoms with Gasteiger partial charge >= 0.3 is 17.9 Å². The van der Waals surface area contributed by atoms with Crippen LogP contribution in [0.1, 0.15) is 290 Å². The third-order valence-corrected chi connectivity index (χ3v) is 13.6. The minimum atomic E-state index is -0.827. The lowest BCUT2D eigenvalue weighted by Gasteiger charge is -2.18. The zero-order valence-electron chi connectivity index (χ0n) is 51.3. The monoisotopic (exact) mass is 1090 g/mol. The van der Waals surface area contributed by atoms with Crippen molar-refractivity contribution in [1.29, 1.82) is 0 Å². The second-order valence-corrected chi connectivity index (χ2v) is 21.3. The molecule has 0 fully saturated rings. The molecular formula is C73H120O6. The zero-order valence-corrected chi connectivity index (χ0v) is 51.3. The van der Waals surface area contributed by atoms with Crippen LogP contribution in [0.2, 0.25) is 0 Å². The van der Waals surface area contributed by atoms with Crippen molar-refractivity contribution in [3.63, 3.8) is 0 Å². The fourth-order valence-electron chi connectivity index (χ4n) is 8.81. The minimum absolute atomic E-state index is 0.113. The Morgan fingerprint density at radius 2 is 0.519 bits per heavy atom. The van der Waals surface area contributed by atoms with Gasteiger partial charge in [0.15, 0.2) is 6.10 Å².